The van der Waals surface area contributed by atoms with Crippen LogP contribution in [0, 0.1) is 17.7 Å². The summed E-state index contributed by atoms with van der Waals surface area (Å²) in [5, 5.41) is 0. The zero-order chi connectivity index (χ0) is 29.0. The molecule has 0 amide bonds. The minimum atomic E-state index is -0.787. The van der Waals surface area contributed by atoms with Crippen molar-refractivity contribution in [2.75, 3.05) is 20.3 Å². The minimum absolute atomic E-state index is 0.141. The molecule has 1 aromatic heterocycles. The number of halogens is 1. The third-order valence-electron chi connectivity index (χ3n) is 6.41. The number of nitrogens with zero attached hydrogens (tertiary/aromatic N) is 2. The summed E-state index contributed by atoms with van der Waals surface area (Å²) in [7, 11) is 1.56. The summed E-state index contributed by atoms with van der Waals surface area (Å²) in [6.45, 7) is 10.7. The minimum Gasteiger partial charge on any atom is -0.493 e. The fourth-order valence-electron chi connectivity index (χ4n) is 4.31. The molecule has 1 aliphatic rings. The number of hydrogen-bond acceptors (Lipinski definition) is 7. The fourth-order valence-corrected chi connectivity index (χ4v) is 5.35. The Labute approximate surface area is 237 Å². The van der Waals surface area contributed by atoms with Gasteiger partial charge in [-0.2, -0.15) is 0 Å². The van der Waals surface area contributed by atoms with E-state index >= 15 is 0 Å². The monoisotopic (exact) mass is 566 g/mol. The summed E-state index contributed by atoms with van der Waals surface area (Å²) < 4.78 is 32.6. The second-order valence-electron chi connectivity index (χ2n) is 10.6. The highest BCUT2D eigenvalue weighted by molar-refractivity contribution is 7.07. The van der Waals surface area contributed by atoms with Crippen LogP contribution in [-0.4, -0.2) is 30.9 Å². The second-order valence-corrected chi connectivity index (χ2v) is 11.6. The highest BCUT2D eigenvalue weighted by Gasteiger charge is 2.34. The molecule has 3 aromatic rings. The van der Waals surface area contributed by atoms with E-state index in [0.29, 0.717) is 50.2 Å². The zero-order valence-corrected chi connectivity index (χ0v) is 24.5. The van der Waals surface area contributed by atoms with E-state index in [2.05, 4.69) is 18.8 Å². The highest BCUT2D eigenvalue weighted by atomic mass is 32.1. The number of carbonyl (C=O) groups is 1. The van der Waals surface area contributed by atoms with Crippen LogP contribution in [0.1, 0.15) is 58.2 Å². The largest absolute Gasteiger partial charge is 0.493 e. The SMILES string of the molecule is COc1cc(C2C(C(=O)OCC(C)C)=C(C)N=c3sc(=Cc4ccc(F)cc4)c(=O)n32)ccc1OCCC(C)C. The molecule has 1 atom stereocenters. The van der Waals surface area contributed by atoms with Gasteiger partial charge >= 0.3 is 5.97 Å². The standard InChI is InChI=1S/C31H35FN2O5S/c1-18(2)13-14-38-24-12-9-22(16-25(24)37-6)28-27(30(36)39-17-19(3)4)20(5)33-31-34(28)29(35)26(40-31)15-21-7-10-23(32)11-8-21/h7-12,15-16,18-19,28H,13-14,17H2,1-6H3. The molecule has 0 spiro atoms. The normalized spacial score (nSPS) is 15.3. The van der Waals surface area contributed by atoms with Crippen molar-refractivity contribution in [3.05, 3.63) is 90.4 Å². The Morgan fingerprint density at radius 3 is 2.48 bits per heavy atom. The van der Waals surface area contributed by atoms with Crippen molar-refractivity contribution < 1.29 is 23.4 Å². The van der Waals surface area contributed by atoms with E-state index in [4.69, 9.17) is 14.2 Å². The van der Waals surface area contributed by atoms with Crippen LogP contribution < -0.4 is 24.4 Å². The van der Waals surface area contributed by atoms with Crippen molar-refractivity contribution in [3.63, 3.8) is 0 Å². The second kappa shape index (κ2) is 12.6. The molecule has 0 saturated heterocycles. The number of methoxy groups -OCH3 is 1. The molecule has 1 unspecified atom stereocenters. The van der Waals surface area contributed by atoms with E-state index in [1.54, 1.807) is 44.4 Å². The Morgan fingerprint density at radius 1 is 1.10 bits per heavy atom. The van der Waals surface area contributed by atoms with Crippen LogP contribution >= 0.6 is 11.3 Å². The van der Waals surface area contributed by atoms with Gasteiger partial charge in [0.25, 0.3) is 5.56 Å². The third kappa shape index (κ3) is 6.53. The van der Waals surface area contributed by atoms with Crippen LogP contribution in [0.2, 0.25) is 0 Å². The lowest BCUT2D eigenvalue weighted by Crippen LogP contribution is -2.40. The van der Waals surface area contributed by atoms with Crippen molar-refractivity contribution in [1.29, 1.82) is 0 Å². The number of hydrogen-bond donors (Lipinski definition) is 0. The molecular formula is C31H35FN2O5S. The number of rotatable bonds is 10. The van der Waals surface area contributed by atoms with Gasteiger partial charge in [0.2, 0.25) is 0 Å². The molecule has 0 aliphatic carbocycles. The first kappa shape index (κ1) is 29.3. The Kier molecular flexibility index (Phi) is 9.25. The maximum Gasteiger partial charge on any atom is 0.338 e. The third-order valence-corrected chi connectivity index (χ3v) is 7.40. The molecule has 2 heterocycles. The van der Waals surface area contributed by atoms with E-state index in [1.807, 2.05) is 19.9 Å². The van der Waals surface area contributed by atoms with Crippen molar-refractivity contribution in [2.45, 2.75) is 47.1 Å². The van der Waals surface area contributed by atoms with E-state index in [9.17, 15) is 14.0 Å². The van der Waals surface area contributed by atoms with E-state index in [-0.39, 0.29) is 29.5 Å². The first-order chi connectivity index (χ1) is 19.1. The number of ether oxygens (including phenoxy) is 3. The van der Waals surface area contributed by atoms with Gasteiger partial charge in [-0.25, -0.2) is 14.2 Å². The number of esters is 1. The number of aromatic nitrogens is 1. The summed E-state index contributed by atoms with van der Waals surface area (Å²) in [6, 6.07) is 10.5. The quantitative estimate of drug-likeness (QED) is 0.323. The summed E-state index contributed by atoms with van der Waals surface area (Å²) in [6.07, 6.45) is 2.59. The predicted octanol–water partition coefficient (Wildman–Crippen LogP) is 5.01. The summed E-state index contributed by atoms with van der Waals surface area (Å²) in [5.41, 5.74) is 1.80. The molecule has 2 aromatic carbocycles. The van der Waals surface area contributed by atoms with Gasteiger partial charge in [-0.3, -0.25) is 9.36 Å². The number of carbonyl (C=O) groups excluding carboxylic acids is 1. The summed E-state index contributed by atoms with van der Waals surface area (Å²) in [5.74, 6) is 0.837. The van der Waals surface area contributed by atoms with Gasteiger partial charge in [0.1, 0.15) is 5.82 Å². The molecule has 0 fully saturated rings. The fraction of sp³-hybridized carbons (Fsp3) is 0.387. The van der Waals surface area contributed by atoms with Gasteiger partial charge in [-0.15, -0.1) is 0 Å². The molecular weight excluding hydrogens is 531 g/mol. The van der Waals surface area contributed by atoms with Crippen molar-refractivity contribution in [1.82, 2.24) is 4.57 Å². The van der Waals surface area contributed by atoms with Crippen LogP contribution in [0.25, 0.3) is 6.08 Å². The Balaban J connectivity index is 1.85. The van der Waals surface area contributed by atoms with Crippen LogP contribution in [0.3, 0.4) is 0 Å². The molecule has 0 bridgehead atoms. The number of allylic oxidation sites excluding steroid dienone is 1. The average Bonchev–Trinajstić information content (AvgIpc) is 3.21. The van der Waals surface area contributed by atoms with Crippen LogP contribution in [0.5, 0.6) is 11.5 Å². The zero-order valence-electron chi connectivity index (χ0n) is 23.7. The molecule has 0 N–H and O–H groups in total. The molecule has 1 aliphatic heterocycles. The van der Waals surface area contributed by atoms with Crippen LogP contribution in [0.4, 0.5) is 4.39 Å². The van der Waals surface area contributed by atoms with E-state index in [0.717, 1.165) is 6.42 Å². The van der Waals surface area contributed by atoms with Gasteiger partial charge in [0.15, 0.2) is 16.3 Å². The maximum atomic E-state index is 13.8. The summed E-state index contributed by atoms with van der Waals surface area (Å²) in [4.78, 5) is 32.3. The van der Waals surface area contributed by atoms with Crippen LogP contribution in [-0.2, 0) is 9.53 Å². The molecule has 212 valence electrons. The van der Waals surface area contributed by atoms with Crippen molar-refractivity contribution in [2.24, 2.45) is 16.8 Å². The Bertz CT molecular complexity index is 1590. The van der Waals surface area contributed by atoms with Gasteiger partial charge < -0.3 is 14.2 Å². The Hall–Kier alpha value is -3.72. The first-order valence-corrected chi connectivity index (χ1v) is 14.2. The molecule has 40 heavy (non-hydrogen) atoms. The molecule has 0 saturated carbocycles. The average molecular weight is 567 g/mol. The van der Waals surface area contributed by atoms with Crippen molar-refractivity contribution in [3.8, 4) is 11.5 Å². The predicted molar refractivity (Wildman–Crippen MR) is 154 cm³/mol. The lowest BCUT2D eigenvalue weighted by molar-refractivity contribution is -0.140. The smallest absolute Gasteiger partial charge is 0.338 e. The number of fused-ring (bicyclic) bond motifs is 1. The molecule has 0 radical (unpaired) electrons. The first-order valence-electron chi connectivity index (χ1n) is 13.3. The topological polar surface area (TPSA) is 79.1 Å². The Morgan fingerprint density at radius 2 is 1.82 bits per heavy atom. The van der Waals surface area contributed by atoms with Gasteiger partial charge in [0.05, 0.1) is 42.2 Å². The molecule has 9 heteroatoms. The number of benzene rings is 2. The summed E-state index contributed by atoms with van der Waals surface area (Å²) >= 11 is 1.21. The van der Waals surface area contributed by atoms with Gasteiger partial charge in [-0.05, 0) is 66.6 Å². The van der Waals surface area contributed by atoms with Gasteiger partial charge in [0, 0.05) is 0 Å². The molecule has 7 nitrogen and oxygen atoms in total. The lowest BCUT2D eigenvalue weighted by Gasteiger charge is -2.25. The lowest BCUT2D eigenvalue weighted by atomic mass is 9.95. The van der Waals surface area contributed by atoms with Crippen molar-refractivity contribution >= 4 is 23.4 Å². The van der Waals surface area contributed by atoms with Gasteiger partial charge in [-0.1, -0.05) is 57.2 Å². The maximum absolute atomic E-state index is 13.8. The number of thiazole rings is 1. The van der Waals surface area contributed by atoms with Crippen LogP contribution in [0.15, 0.2) is 63.5 Å². The highest BCUT2D eigenvalue weighted by Crippen LogP contribution is 2.36. The van der Waals surface area contributed by atoms with E-state index in [1.165, 1.54) is 28.0 Å². The molecule has 4 rings (SSSR count). The van der Waals surface area contributed by atoms with E-state index < -0.39 is 12.0 Å².